The average molecular weight is 483 g/mol. The molecule has 0 amide bonds. The highest BCUT2D eigenvalue weighted by atomic mass is 14.5. The largest absolute Gasteiger partial charge is 0.0728 e. The summed E-state index contributed by atoms with van der Waals surface area (Å²) >= 11 is 0. The van der Waals surface area contributed by atoms with E-state index in [4.69, 9.17) is 0 Å². The van der Waals surface area contributed by atoms with E-state index in [2.05, 4.69) is 146 Å². The molecule has 178 valence electrons. The summed E-state index contributed by atoms with van der Waals surface area (Å²) in [6.07, 6.45) is 0.883. The number of fused-ring (bicyclic) bond motifs is 10. The fourth-order valence-corrected chi connectivity index (χ4v) is 7.17. The Morgan fingerprint density at radius 3 is 1.42 bits per heavy atom. The summed E-state index contributed by atoms with van der Waals surface area (Å²) in [5, 5.41) is 0. The van der Waals surface area contributed by atoms with Gasteiger partial charge in [-0.15, -0.1) is 0 Å². The van der Waals surface area contributed by atoms with Crippen molar-refractivity contribution >= 4 is 0 Å². The number of hydrogen-bond acceptors (Lipinski definition) is 0. The quantitative estimate of drug-likeness (QED) is 0.235. The van der Waals surface area contributed by atoms with Crippen molar-refractivity contribution in [1.29, 1.82) is 0 Å². The second-order valence-electron chi connectivity index (χ2n) is 10.4. The van der Waals surface area contributed by atoms with Crippen molar-refractivity contribution in [3.05, 3.63) is 179 Å². The monoisotopic (exact) mass is 482 g/mol. The summed E-state index contributed by atoms with van der Waals surface area (Å²) in [6.45, 7) is 0. The molecule has 0 atom stereocenters. The van der Waals surface area contributed by atoms with Crippen LogP contribution in [0.3, 0.4) is 0 Å². The molecule has 0 fully saturated rings. The summed E-state index contributed by atoms with van der Waals surface area (Å²) in [5.74, 6) is 0. The molecule has 2 aliphatic rings. The normalized spacial score (nSPS) is 13.6. The molecular formula is C38H26. The summed E-state index contributed by atoms with van der Waals surface area (Å²) in [4.78, 5) is 0. The van der Waals surface area contributed by atoms with Crippen molar-refractivity contribution in [2.75, 3.05) is 0 Å². The van der Waals surface area contributed by atoms with Crippen LogP contribution in [0.2, 0.25) is 0 Å². The summed E-state index contributed by atoms with van der Waals surface area (Å²) in [6, 6.07) is 53.8. The molecule has 6 aromatic carbocycles. The molecule has 6 aromatic rings. The molecule has 0 nitrogen and oxygen atoms in total. The molecule has 38 heavy (non-hydrogen) atoms. The Labute approximate surface area is 223 Å². The lowest BCUT2D eigenvalue weighted by Crippen LogP contribution is -2.27. The van der Waals surface area contributed by atoms with Gasteiger partial charge < -0.3 is 0 Å². The van der Waals surface area contributed by atoms with Crippen molar-refractivity contribution in [3.8, 4) is 33.4 Å². The van der Waals surface area contributed by atoms with Gasteiger partial charge in [0, 0.05) is 0 Å². The smallest absolute Gasteiger partial charge is 0.0622 e. The molecule has 1 spiro atoms. The van der Waals surface area contributed by atoms with Crippen LogP contribution in [-0.4, -0.2) is 0 Å². The first-order chi connectivity index (χ1) is 18.9. The molecule has 0 saturated carbocycles. The summed E-state index contributed by atoms with van der Waals surface area (Å²) in [7, 11) is 0. The fraction of sp³-hybridized carbons (Fsp3) is 0.0526. The molecule has 8 rings (SSSR count). The van der Waals surface area contributed by atoms with Crippen molar-refractivity contribution in [3.63, 3.8) is 0 Å². The number of benzene rings is 6. The van der Waals surface area contributed by atoms with Crippen molar-refractivity contribution in [1.82, 2.24) is 0 Å². The zero-order valence-electron chi connectivity index (χ0n) is 21.1. The first kappa shape index (κ1) is 21.4. The van der Waals surface area contributed by atoms with Gasteiger partial charge in [-0.2, -0.15) is 0 Å². The van der Waals surface area contributed by atoms with Crippen LogP contribution in [0.5, 0.6) is 0 Å². The SMILES string of the molecule is c1ccc(-c2ccccc2Cc2cccc3c2C2(c4ccccc4-c4ccccc42)c2ccccc2-3)cc1. The highest BCUT2D eigenvalue weighted by Gasteiger charge is 2.52. The van der Waals surface area contributed by atoms with Gasteiger partial charge in [0.05, 0.1) is 5.41 Å². The van der Waals surface area contributed by atoms with Crippen LogP contribution in [0.25, 0.3) is 33.4 Å². The molecule has 0 heteroatoms. The second kappa shape index (κ2) is 8.16. The van der Waals surface area contributed by atoms with Gasteiger partial charge in [0.2, 0.25) is 0 Å². The molecule has 0 aromatic heterocycles. The van der Waals surface area contributed by atoms with Gasteiger partial charge in [-0.1, -0.05) is 146 Å². The van der Waals surface area contributed by atoms with Crippen LogP contribution in [-0.2, 0) is 11.8 Å². The first-order valence-corrected chi connectivity index (χ1v) is 13.4. The van der Waals surface area contributed by atoms with E-state index in [9.17, 15) is 0 Å². The van der Waals surface area contributed by atoms with Crippen LogP contribution in [0, 0.1) is 0 Å². The molecule has 2 aliphatic carbocycles. The lowest BCUT2D eigenvalue weighted by molar-refractivity contribution is 0.781. The molecule has 0 unspecified atom stereocenters. The molecule has 0 bridgehead atoms. The van der Waals surface area contributed by atoms with E-state index in [0.29, 0.717) is 0 Å². The van der Waals surface area contributed by atoms with E-state index in [0.717, 1.165) is 6.42 Å². The minimum Gasteiger partial charge on any atom is -0.0622 e. The Morgan fingerprint density at radius 2 is 0.789 bits per heavy atom. The van der Waals surface area contributed by atoms with E-state index in [-0.39, 0.29) is 5.41 Å². The van der Waals surface area contributed by atoms with Gasteiger partial charge in [-0.05, 0) is 73.2 Å². The Hall–Kier alpha value is -4.68. The zero-order chi connectivity index (χ0) is 25.1. The molecule has 0 aliphatic heterocycles. The van der Waals surface area contributed by atoms with Crippen molar-refractivity contribution < 1.29 is 0 Å². The third-order valence-corrected chi connectivity index (χ3v) is 8.58. The average Bonchev–Trinajstić information content (AvgIpc) is 3.46. The van der Waals surface area contributed by atoms with Crippen LogP contribution < -0.4 is 0 Å². The third-order valence-electron chi connectivity index (χ3n) is 8.58. The standard InChI is InChI=1S/C38H26/c1-2-13-26(14-3-1)29-17-5-4-15-27(29)25-28-16-12-21-33-32-20-8-11-24-36(32)38(37(28)33)34-22-9-6-18-30(34)31-19-7-10-23-35(31)38/h1-24H,25H2. The van der Waals surface area contributed by atoms with Crippen LogP contribution in [0.15, 0.2) is 146 Å². The van der Waals surface area contributed by atoms with E-state index in [1.807, 2.05) is 0 Å². The Balaban J connectivity index is 1.43. The molecule has 0 heterocycles. The van der Waals surface area contributed by atoms with Crippen LogP contribution in [0.4, 0.5) is 0 Å². The van der Waals surface area contributed by atoms with Crippen molar-refractivity contribution in [2.24, 2.45) is 0 Å². The third kappa shape index (κ3) is 2.80. The number of rotatable bonds is 3. The van der Waals surface area contributed by atoms with Gasteiger partial charge in [-0.3, -0.25) is 0 Å². The minimum absolute atomic E-state index is 0.308. The molecule has 0 N–H and O–H groups in total. The number of hydrogen-bond donors (Lipinski definition) is 0. The van der Waals surface area contributed by atoms with E-state index >= 15 is 0 Å². The Morgan fingerprint density at radius 1 is 0.342 bits per heavy atom. The zero-order valence-corrected chi connectivity index (χ0v) is 21.1. The van der Waals surface area contributed by atoms with Gasteiger partial charge in [-0.25, -0.2) is 0 Å². The van der Waals surface area contributed by atoms with E-state index in [1.165, 1.54) is 66.8 Å². The highest BCUT2D eigenvalue weighted by Crippen LogP contribution is 2.63. The maximum absolute atomic E-state index is 2.36. The predicted molar refractivity (Wildman–Crippen MR) is 157 cm³/mol. The van der Waals surface area contributed by atoms with Crippen molar-refractivity contribution in [2.45, 2.75) is 11.8 Å². The molecule has 0 radical (unpaired) electrons. The maximum Gasteiger partial charge on any atom is 0.0728 e. The lowest BCUT2D eigenvalue weighted by Gasteiger charge is -2.32. The van der Waals surface area contributed by atoms with E-state index < -0.39 is 0 Å². The summed E-state index contributed by atoms with van der Waals surface area (Å²) in [5.41, 5.74) is 16.1. The van der Waals surface area contributed by atoms with Crippen LogP contribution in [0.1, 0.15) is 33.4 Å². The molecule has 0 saturated heterocycles. The van der Waals surface area contributed by atoms with Crippen LogP contribution >= 0.6 is 0 Å². The first-order valence-electron chi connectivity index (χ1n) is 13.4. The van der Waals surface area contributed by atoms with Gasteiger partial charge >= 0.3 is 0 Å². The summed E-state index contributed by atoms with van der Waals surface area (Å²) < 4.78 is 0. The Bertz CT molecular complexity index is 1780. The maximum atomic E-state index is 2.36. The highest BCUT2D eigenvalue weighted by molar-refractivity contribution is 5.95. The van der Waals surface area contributed by atoms with Gasteiger partial charge in [0.15, 0.2) is 0 Å². The topological polar surface area (TPSA) is 0 Å². The fourth-order valence-electron chi connectivity index (χ4n) is 7.17. The second-order valence-corrected chi connectivity index (χ2v) is 10.4. The minimum atomic E-state index is -0.308. The molecular weight excluding hydrogens is 456 g/mol. The van der Waals surface area contributed by atoms with Gasteiger partial charge in [0.1, 0.15) is 0 Å². The van der Waals surface area contributed by atoms with Gasteiger partial charge in [0.25, 0.3) is 0 Å². The Kier molecular flexibility index (Phi) is 4.60. The lowest BCUT2D eigenvalue weighted by atomic mass is 9.69. The predicted octanol–water partition coefficient (Wildman–Crippen LogP) is 9.29. The van der Waals surface area contributed by atoms with E-state index in [1.54, 1.807) is 0 Å².